The van der Waals surface area contributed by atoms with E-state index in [-0.39, 0.29) is 6.04 Å². The number of hydrogen-bond donors (Lipinski definition) is 1. The molecule has 0 aliphatic rings. The molecule has 130 valence electrons. The summed E-state index contributed by atoms with van der Waals surface area (Å²) in [5.74, 6) is 2.60. The van der Waals surface area contributed by atoms with Crippen molar-refractivity contribution in [3.63, 3.8) is 0 Å². The predicted molar refractivity (Wildman–Crippen MR) is 99.3 cm³/mol. The molecule has 2 aromatic carbocycles. The summed E-state index contributed by atoms with van der Waals surface area (Å²) in [5, 5.41) is 12.3. The summed E-state index contributed by atoms with van der Waals surface area (Å²) >= 11 is 0. The summed E-state index contributed by atoms with van der Waals surface area (Å²) in [5.41, 5.74) is 1.79. The quantitative estimate of drug-likeness (QED) is 0.554. The second kappa shape index (κ2) is 6.84. The number of aryl methyl sites for hydroxylation is 1. The van der Waals surface area contributed by atoms with Gasteiger partial charge in [0.15, 0.2) is 5.75 Å². The van der Waals surface area contributed by atoms with Gasteiger partial charge in [0.05, 0.1) is 0 Å². The molecule has 0 unspecified atom stereocenters. The van der Waals surface area contributed by atoms with Gasteiger partial charge < -0.3 is 14.5 Å². The second-order valence-corrected chi connectivity index (χ2v) is 5.98. The van der Waals surface area contributed by atoms with E-state index in [1.807, 2.05) is 61.5 Å². The van der Waals surface area contributed by atoms with Crippen LogP contribution in [0.25, 0.3) is 10.9 Å². The van der Waals surface area contributed by atoms with Gasteiger partial charge in [-0.1, -0.05) is 18.2 Å². The second-order valence-electron chi connectivity index (χ2n) is 5.98. The van der Waals surface area contributed by atoms with Crippen LogP contribution in [-0.2, 0) is 0 Å². The number of fused-ring (bicyclic) bond motifs is 1. The largest absolute Gasteiger partial charge is 0.455 e. The molecule has 0 spiro atoms. The van der Waals surface area contributed by atoms with Gasteiger partial charge >= 0.3 is 0 Å². The summed E-state index contributed by atoms with van der Waals surface area (Å²) in [6.07, 6.45) is 1.77. The highest BCUT2D eigenvalue weighted by Crippen LogP contribution is 2.29. The van der Waals surface area contributed by atoms with Crippen LogP contribution >= 0.6 is 0 Å². The Labute approximate surface area is 150 Å². The fraction of sp³-hybridized carbons (Fsp3) is 0.150. The van der Waals surface area contributed by atoms with Crippen LogP contribution < -0.4 is 10.1 Å². The molecule has 6 heteroatoms. The maximum atomic E-state index is 6.01. The monoisotopic (exact) mass is 346 g/mol. The molecular formula is C20H18N4O2. The van der Waals surface area contributed by atoms with Crippen molar-refractivity contribution in [3.05, 3.63) is 72.6 Å². The molecule has 1 N–H and O–H groups in total. The van der Waals surface area contributed by atoms with Crippen LogP contribution in [0.3, 0.4) is 0 Å². The standard InChI is InChI=1S/C20H18N4O2/c1-13(20-24-23-14(2)25-20)22-16-8-10-17(11-9-16)26-18-7-3-5-15-6-4-12-21-19(15)18/h3-13,22H,1-2H3/t13-/m0/s1. The van der Waals surface area contributed by atoms with Crippen molar-refractivity contribution in [1.82, 2.24) is 15.2 Å². The molecule has 6 nitrogen and oxygen atoms in total. The molecule has 0 radical (unpaired) electrons. The van der Waals surface area contributed by atoms with E-state index in [1.54, 1.807) is 13.1 Å². The first-order valence-corrected chi connectivity index (χ1v) is 8.37. The van der Waals surface area contributed by atoms with E-state index >= 15 is 0 Å². The minimum absolute atomic E-state index is 0.0785. The number of aromatic nitrogens is 3. The predicted octanol–water partition coefficient (Wildman–Crippen LogP) is 4.89. The third-order valence-electron chi connectivity index (χ3n) is 3.97. The number of rotatable bonds is 5. The average molecular weight is 346 g/mol. The molecule has 4 aromatic rings. The first-order chi connectivity index (χ1) is 12.7. The Balaban J connectivity index is 1.49. The summed E-state index contributed by atoms with van der Waals surface area (Å²) < 4.78 is 11.5. The summed E-state index contributed by atoms with van der Waals surface area (Å²) in [4.78, 5) is 4.41. The third kappa shape index (κ3) is 3.35. The van der Waals surface area contributed by atoms with Crippen molar-refractivity contribution in [1.29, 1.82) is 0 Å². The molecular weight excluding hydrogens is 328 g/mol. The highest BCUT2D eigenvalue weighted by molar-refractivity contribution is 5.84. The zero-order valence-corrected chi connectivity index (χ0v) is 14.5. The molecule has 0 saturated carbocycles. The van der Waals surface area contributed by atoms with Gasteiger partial charge in [-0.25, -0.2) is 0 Å². The van der Waals surface area contributed by atoms with Gasteiger partial charge in [0, 0.05) is 24.2 Å². The highest BCUT2D eigenvalue weighted by atomic mass is 16.5. The van der Waals surface area contributed by atoms with E-state index in [0.29, 0.717) is 11.8 Å². The number of ether oxygens (including phenoxy) is 1. The van der Waals surface area contributed by atoms with Gasteiger partial charge in [-0.05, 0) is 43.3 Å². The number of benzene rings is 2. The van der Waals surface area contributed by atoms with Crippen molar-refractivity contribution in [2.75, 3.05) is 5.32 Å². The molecule has 2 aromatic heterocycles. The van der Waals surface area contributed by atoms with Crippen molar-refractivity contribution in [2.24, 2.45) is 0 Å². The first-order valence-electron chi connectivity index (χ1n) is 8.37. The maximum Gasteiger partial charge on any atom is 0.238 e. The Morgan fingerprint density at radius 1 is 1.00 bits per heavy atom. The van der Waals surface area contributed by atoms with Crippen molar-refractivity contribution < 1.29 is 9.15 Å². The lowest BCUT2D eigenvalue weighted by Gasteiger charge is -2.12. The average Bonchev–Trinajstić information content (AvgIpc) is 3.10. The maximum absolute atomic E-state index is 6.01. The van der Waals surface area contributed by atoms with Gasteiger partial charge in [-0.15, -0.1) is 10.2 Å². The number of nitrogens with one attached hydrogen (secondary N) is 1. The Morgan fingerprint density at radius 2 is 1.81 bits per heavy atom. The summed E-state index contributed by atoms with van der Waals surface area (Å²) in [6.45, 7) is 3.75. The van der Waals surface area contributed by atoms with Crippen LogP contribution in [0.15, 0.2) is 65.2 Å². The van der Waals surface area contributed by atoms with E-state index in [0.717, 1.165) is 28.1 Å². The van der Waals surface area contributed by atoms with Crippen LogP contribution in [-0.4, -0.2) is 15.2 Å². The molecule has 1 atom stereocenters. The lowest BCUT2D eigenvalue weighted by molar-refractivity contribution is 0.451. The molecule has 0 bridgehead atoms. The lowest BCUT2D eigenvalue weighted by atomic mass is 10.2. The zero-order valence-electron chi connectivity index (χ0n) is 14.5. The molecule has 0 amide bonds. The third-order valence-corrected chi connectivity index (χ3v) is 3.97. The van der Waals surface area contributed by atoms with E-state index in [1.165, 1.54) is 0 Å². The smallest absolute Gasteiger partial charge is 0.238 e. The molecule has 4 rings (SSSR count). The van der Waals surface area contributed by atoms with Crippen LogP contribution in [0.2, 0.25) is 0 Å². The topological polar surface area (TPSA) is 73.1 Å². The Bertz CT molecular complexity index is 1020. The molecule has 0 aliphatic heterocycles. The number of pyridine rings is 1. The SMILES string of the molecule is Cc1nnc([C@H](C)Nc2ccc(Oc3cccc4cccnc34)cc2)o1. The van der Waals surface area contributed by atoms with Crippen LogP contribution in [0.4, 0.5) is 5.69 Å². The number of nitrogens with zero attached hydrogens (tertiary/aromatic N) is 3. The summed E-state index contributed by atoms with van der Waals surface area (Å²) in [6, 6.07) is 17.5. The fourth-order valence-electron chi connectivity index (χ4n) is 2.70. The van der Waals surface area contributed by atoms with Gasteiger partial charge in [0.1, 0.15) is 17.3 Å². The first kappa shape index (κ1) is 16.1. The molecule has 0 aliphatic carbocycles. The normalized spacial score (nSPS) is 12.1. The van der Waals surface area contributed by atoms with Gasteiger partial charge in [0.25, 0.3) is 0 Å². The van der Waals surface area contributed by atoms with Crippen LogP contribution in [0.1, 0.15) is 24.7 Å². The number of anilines is 1. The molecule has 0 fully saturated rings. The minimum Gasteiger partial charge on any atom is -0.455 e. The number of hydrogen-bond acceptors (Lipinski definition) is 6. The number of para-hydroxylation sites is 1. The fourth-order valence-corrected chi connectivity index (χ4v) is 2.70. The lowest BCUT2D eigenvalue weighted by Crippen LogP contribution is -2.06. The molecule has 2 heterocycles. The van der Waals surface area contributed by atoms with Crippen molar-refractivity contribution in [3.8, 4) is 11.5 Å². The highest BCUT2D eigenvalue weighted by Gasteiger charge is 2.12. The molecule has 26 heavy (non-hydrogen) atoms. The van der Waals surface area contributed by atoms with E-state index in [9.17, 15) is 0 Å². The van der Waals surface area contributed by atoms with Crippen LogP contribution in [0.5, 0.6) is 11.5 Å². The van der Waals surface area contributed by atoms with Gasteiger partial charge in [0.2, 0.25) is 11.8 Å². The van der Waals surface area contributed by atoms with Gasteiger partial charge in [-0.2, -0.15) is 0 Å². The summed E-state index contributed by atoms with van der Waals surface area (Å²) in [7, 11) is 0. The zero-order chi connectivity index (χ0) is 17.9. The van der Waals surface area contributed by atoms with Crippen molar-refractivity contribution >= 4 is 16.6 Å². The Morgan fingerprint density at radius 3 is 2.58 bits per heavy atom. The van der Waals surface area contributed by atoms with Crippen LogP contribution in [0, 0.1) is 6.92 Å². The minimum atomic E-state index is -0.0785. The molecule has 0 saturated heterocycles. The van der Waals surface area contributed by atoms with E-state index in [2.05, 4.69) is 20.5 Å². The van der Waals surface area contributed by atoms with E-state index in [4.69, 9.17) is 9.15 Å². The van der Waals surface area contributed by atoms with Gasteiger partial charge in [-0.3, -0.25) is 4.98 Å². The van der Waals surface area contributed by atoms with E-state index < -0.39 is 0 Å². The Hall–Kier alpha value is -3.41. The van der Waals surface area contributed by atoms with Crippen molar-refractivity contribution in [2.45, 2.75) is 19.9 Å². The Kier molecular flexibility index (Phi) is 4.23.